The van der Waals surface area contributed by atoms with Crippen molar-refractivity contribution in [3.8, 4) is 0 Å². The van der Waals surface area contributed by atoms with Gasteiger partial charge >= 0.3 is 6.09 Å². The van der Waals surface area contributed by atoms with Gasteiger partial charge in [0.05, 0.1) is 0 Å². The zero-order valence-electron chi connectivity index (χ0n) is 15.1. The summed E-state index contributed by atoms with van der Waals surface area (Å²) in [6, 6.07) is 9.81. The Hall–Kier alpha value is -2.29. The summed E-state index contributed by atoms with van der Waals surface area (Å²) in [5.41, 5.74) is 4.37. The number of aliphatic hydroxyl groups is 1. The minimum absolute atomic E-state index is 0.0513. The lowest BCUT2D eigenvalue weighted by molar-refractivity contribution is 0.109. The van der Waals surface area contributed by atoms with Crippen LogP contribution in [0.2, 0.25) is 0 Å². The molecule has 0 aliphatic rings. The molecule has 0 bridgehead atoms. The first-order valence-electron chi connectivity index (χ1n) is 8.14. The fourth-order valence-corrected chi connectivity index (χ4v) is 2.25. The fraction of sp³-hybridized carbons (Fsp3) is 0.400. The number of hydrogen-bond acceptors (Lipinski definition) is 3. The SMILES string of the molecule is CC(=C=COC(=O)N(C(C)C)C(C)C)[C@@H](O)/C=C/c1ccccc1. The Morgan fingerprint density at radius 3 is 2.29 bits per heavy atom. The summed E-state index contributed by atoms with van der Waals surface area (Å²) >= 11 is 0. The Kier molecular flexibility index (Phi) is 8.03. The van der Waals surface area contributed by atoms with Crippen LogP contribution >= 0.6 is 0 Å². The van der Waals surface area contributed by atoms with Crippen LogP contribution in [0.4, 0.5) is 4.79 Å². The van der Waals surface area contributed by atoms with Crippen molar-refractivity contribution in [2.24, 2.45) is 0 Å². The Balaban J connectivity index is 2.68. The van der Waals surface area contributed by atoms with Gasteiger partial charge in [0, 0.05) is 17.7 Å². The summed E-state index contributed by atoms with van der Waals surface area (Å²) < 4.78 is 5.11. The minimum atomic E-state index is -0.786. The van der Waals surface area contributed by atoms with Crippen LogP contribution in [-0.2, 0) is 4.74 Å². The number of hydrogen-bond donors (Lipinski definition) is 1. The predicted octanol–water partition coefficient (Wildman–Crippen LogP) is 4.38. The third-order valence-corrected chi connectivity index (χ3v) is 3.48. The van der Waals surface area contributed by atoms with Gasteiger partial charge in [0.15, 0.2) is 0 Å². The minimum Gasteiger partial charge on any atom is -0.410 e. The number of rotatable bonds is 6. The molecule has 24 heavy (non-hydrogen) atoms. The van der Waals surface area contributed by atoms with E-state index in [0.717, 1.165) is 5.56 Å². The molecule has 1 atom stereocenters. The molecule has 130 valence electrons. The second-order valence-corrected chi connectivity index (χ2v) is 6.14. The van der Waals surface area contributed by atoms with E-state index >= 15 is 0 Å². The van der Waals surface area contributed by atoms with Crippen molar-refractivity contribution < 1.29 is 14.6 Å². The first-order chi connectivity index (χ1) is 11.3. The lowest BCUT2D eigenvalue weighted by atomic mass is 10.1. The average molecular weight is 329 g/mol. The van der Waals surface area contributed by atoms with Crippen LogP contribution in [-0.4, -0.2) is 34.3 Å². The Labute approximate surface area is 144 Å². The van der Waals surface area contributed by atoms with Gasteiger partial charge in [0.25, 0.3) is 0 Å². The second-order valence-electron chi connectivity index (χ2n) is 6.14. The quantitative estimate of drug-likeness (QED) is 0.622. The van der Waals surface area contributed by atoms with E-state index in [1.165, 1.54) is 6.26 Å². The van der Waals surface area contributed by atoms with Gasteiger partial charge in [-0.1, -0.05) is 48.2 Å². The molecule has 0 aliphatic carbocycles. The summed E-state index contributed by atoms with van der Waals surface area (Å²) in [4.78, 5) is 13.7. The Morgan fingerprint density at radius 1 is 1.17 bits per heavy atom. The lowest BCUT2D eigenvalue weighted by Gasteiger charge is -2.28. The number of amides is 1. The summed E-state index contributed by atoms with van der Waals surface area (Å²) in [7, 11) is 0. The first-order valence-corrected chi connectivity index (χ1v) is 8.14. The molecular weight excluding hydrogens is 302 g/mol. The molecule has 0 fully saturated rings. The Bertz CT molecular complexity index is 603. The van der Waals surface area contributed by atoms with Crippen molar-refractivity contribution in [1.82, 2.24) is 4.90 Å². The third kappa shape index (κ3) is 6.45. The van der Waals surface area contributed by atoms with Crippen LogP contribution in [0.15, 0.2) is 54.0 Å². The summed E-state index contributed by atoms with van der Waals surface area (Å²) in [6.45, 7) is 9.47. The maximum Gasteiger partial charge on any atom is 0.415 e. The molecule has 1 rings (SSSR count). The predicted molar refractivity (Wildman–Crippen MR) is 97.3 cm³/mol. The number of nitrogens with zero attached hydrogens (tertiary/aromatic N) is 1. The highest BCUT2D eigenvalue weighted by atomic mass is 16.5. The van der Waals surface area contributed by atoms with Crippen LogP contribution < -0.4 is 0 Å². The first kappa shape index (κ1) is 19.8. The van der Waals surface area contributed by atoms with Gasteiger partial charge < -0.3 is 14.7 Å². The van der Waals surface area contributed by atoms with Crippen molar-refractivity contribution in [2.45, 2.75) is 52.8 Å². The largest absolute Gasteiger partial charge is 0.415 e. The van der Waals surface area contributed by atoms with Crippen molar-refractivity contribution in [3.63, 3.8) is 0 Å². The van der Waals surface area contributed by atoms with Crippen molar-refractivity contribution in [2.75, 3.05) is 0 Å². The molecule has 1 amide bonds. The Morgan fingerprint density at radius 2 is 1.75 bits per heavy atom. The molecule has 0 saturated heterocycles. The third-order valence-electron chi connectivity index (χ3n) is 3.48. The molecule has 0 radical (unpaired) electrons. The van der Waals surface area contributed by atoms with Gasteiger partial charge in [0.1, 0.15) is 12.4 Å². The molecule has 1 N–H and O–H groups in total. The molecule has 0 aromatic heterocycles. The number of aliphatic hydroxyl groups excluding tert-OH is 1. The summed E-state index contributed by atoms with van der Waals surface area (Å²) in [5.74, 6) is 0. The smallest absolute Gasteiger partial charge is 0.410 e. The molecular formula is C20H27NO3. The summed E-state index contributed by atoms with van der Waals surface area (Å²) in [6.07, 6.45) is 3.50. The van der Waals surface area contributed by atoms with Gasteiger partial charge in [-0.3, -0.25) is 0 Å². The van der Waals surface area contributed by atoms with Gasteiger partial charge in [-0.2, -0.15) is 0 Å². The monoisotopic (exact) mass is 329 g/mol. The second kappa shape index (κ2) is 9.76. The maximum absolute atomic E-state index is 12.0. The number of ether oxygens (including phenoxy) is 1. The van der Waals surface area contributed by atoms with E-state index < -0.39 is 12.2 Å². The van der Waals surface area contributed by atoms with Gasteiger partial charge in [-0.15, -0.1) is 0 Å². The van der Waals surface area contributed by atoms with E-state index in [0.29, 0.717) is 5.57 Å². The zero-order chi connectivity index (χ0) is 18.1. The van der Waals surface area contributed by atoms with Crippen LogP contribution in [0.3, 0.4) is 0 Å². The molecule has 0 heterocycles. The maximum atomic E-state index is 12.0. The van der Waals surface area contributed by atoms with Gasteiger partial charge in [-0.05, 0) is 40.2 Å². The van der Waals surface area contributed by atoms with Crippen molar-refractivity contribution in [1.29, 1.82) is 0 Å². The van der Waals surface area contributed by atoms with E-state index in [9.17, 15) is 9.90 Å². The molecule has 0 unspecified atom stereocenters. The van der Waals surface area contributed by atoms with E-state index in [2.05, 4.69) is 5.73 Å². The van der Waals surface area contributed by atoms with Crippen LogP contribution in [0, 0.1) is 0 Å². The van der Waals surface area contributed by atoms with Crippen LogP contribution in [0.1, 0.15) is 40.2 Å². The van der Waals surface area contributed by atoms with Crippen LogP contribution in [0.25, 0.3) is 6.08 Å². The normalized spacial score (nSPS) is 12.2. The highest BCUT2D eigenvalue weighted by Crippen LogP contribution is 2.09. The van der Waals surface area contributed by atoms with Crippen molar-refractivity contribution >= 4 is 12.2 Å². The van der Waals surface area contributed by atoms with Gasteiger partial charge in [-0.25, -0.2) is 4.79 Å². The molecule has 1 aromatic rings. The fourth-order valence-electron chi connectivity index (χ4n) is 2.25. The molecule has 4 heteroatoms. The van der Waals surface area contributed by atoms with Crippen molar-refractivity contribution in [3.05, 3.63) is 59.5 Å². The number of carbonyl (C=O) groups excluding carboxylic acids is 1. The van der Waals surface area contributed by atoms with Crippen LogP contribution in [0.5, 0.6) is 0 Å². The molecule has 4 nitrogen and oxygen atoms in total. The highest BCUT2D eigenvalue weighted by molar-refractivity contribution is 5.69. The molecule has 0 saturated carbocycles. The van der Waals surface area contributed by atoms with E-state index in [1.54, 1.807) is 17.9 Å². The van der Waals surface area contributed by atoms with E-state index in [1.807, 2.05) is 64.1 Å². The van der Waals surface area contributed by atoms with Gasteiger partial charge in [0.2, 0.25) is 0 Å². The highest BCUT2D eigenvalue weighted by Gasteiger charge is 2.20. The zero-order valence-corrected chi connectivity index (χ0v) is 15.1. The molecule has 1 aromatic carbocycles. The topological polar surface area (TPSA) is 49.8 Å². The molecule has 0 spiro atoms. The molecule has 0 aliphatic heterocycles. The lowest BCUT2D eigenvalue weighted by Crippen LogP contribution is -2.41. The van der Waals surface area contributed by atoms with E-state index in [-0.39, 0.29) is 12.1 Å². The standard InChI is InChI=1S/C20H27NO3/c1-15(2)21(16(3)4)20(23)24-14-13-17(5)19(22)12-11-18-9-7-6-8-10-18/h6-12,14-16,19,22H,1-5H3/b12-11+/t13?,19-/m0/s1. The van der Waals surface area contributed by atoms with E-state index in [4.69, 9.17) is 4.74 Å². The number of benzene rings is 1. The number of carbonyl (C=O) groups is 1. The average Bonchev–Trinajstić information content (AvgIpc) is 2.52. The summed E-state index contributed by atoms with van der Waals surface area (Å²) in [5, 5.41) is 10.1.